The molecule has 19 heavy (non-hydrogen) atoms. The normalized spacial score (nSPS) is 11.0. The van der Waals surface area contributed by atoms with E-state index in [2.05, 4.69) is 4.98 Å². The highest BCUT2D eigenvalue weighted by Gasteiger charge is 2.10. The number of rotatable bonds is 6. The summed E-state index contributed by atoms with van der Waals surface area (Å²) in [5, 5.41) is 8.97. The van der Waals surface area contributed by atoms with E-state index in [0.717, 1.165) is 0 Å². The second-order valence-corrected chi connectivity index (χ2v) is 4.17. The Morgan fingerprint density at radius 2 is 2.26 bits per heavy atom. The molecule has 2 N–H and O–H groups in total. The number of hydrogen-bond donors (Lipinski definition) is 2. The van der Waals surface area contributed by atoms with E-state index in [0.29, 0.717) is 37.2 Å². The first-order chi connectivity index (χ1) is 9.13. The third-order valence-corrected chi connectivity index (χ3v) is 2.90. The van der Waals surface area contributed by atoms with Crippen LogP contribution in [0.5, 0.6) is 0 Å². The third kappa shape index (κ3) is 2.85. The molecule has 2 rings (SSSR count). The van der Waals surface area contributed by atoms with Crippen molar-refractivity contribution in [2.45, 2.75) is 19.9 Å². The zero-order chi connectivity index (χ0) is 13.8. The van der Waals surface area contributed by atoms with Crippen LogP contribution in [-0.2, 0) is 11.3 Å². The molecule has 0 aliphatic rings. The molecule has 0 bridgehead atoms. The number of aromatic carboxylic acids is 1. The lowest BCUT2D eigenvalue weighted by atomic mass is 10.2. The number of carboxylic acids is 1. The second-order valence-electron chi connectivity index (χ2n) is 4.17. The lowest BCUT2D eigenvalue weighted by molar-refractivity contribution is 0.0697. The molecule has 0 unspecified atom stereocenters. The molecule has 1 heterocycles. The van der Waals surface area contributed by atoms with Gasteiger partial charge >= 0.3 is 11.7 Å². The smallest absolute Gasteiger partial charge is 0.335 e. The topological polar surface area (TPSA) is 84.3 Å². The summed E-state index contributed by atoms with van der Waals surface area (Å²) in [6.45, 7) is 3.64. The van der Waals surface area contributed by atoms with Gasteiger partial charge in [0.1, 0.15) is 0 Å². The Hall–Kier alpha value is -2.08. The number of ether oxygens (including phenoxy) is 1. The van der Waals surface area contributed by atoms with E-state index in [9.17, 15) is 9.59 Å². The number of imidazole rings is 1. The van der Waals surface area contributed by atoms with Gasteiger partial charge in [0.05, 0.1) is 16.6 Å². The predicted molar refractivity (Wildman–Crippen MR) is 70.6 cm³/mol. The molecule has 0 atom stereocenters. The fourth-order valence-corrected chi connectivity index (χ4v) is 1.98. The molecule has 1 aromatic carbocycles. The maximum absolute atomic E-state index is 11.8. The van der Waals surface area contributed by atoms with Crippen molar-refractivity contribution in [1.29, 1.82) is 0 Å². The minimum atomic E-state index is -1.00. The standard InChI is InChI=1S/C13H16N2O4/c1-2-19-7-3-6-15-11-8-9(12(16)17)4-5-10(11)14-13(15)18/h4-5,8H,2-3,6-7H2,1H3,(H,14,18)(H,16,17). The first-order valence-corrected chi connectivity index (χ1v) is 6.17. The van der Waals surface area contributed by atoms with Crippen LogP contribution in [0.3, 0.4) is 0 Å². The van der Waals surface area contributed by atoms with E-state index in [-0.39, 0.29) is 11.3 Å². The van der Waals surface area contributed by atoms with Crippen molar-refractivity contribution < 1.29 is 14.6 Å². The SMILES string of the molecule is CCOCCCn1c(=O)[nH]c2ccc(C(=O)O)cc21. The van der Waals surface area contributed by atoms with E-state index in [4.69, 9.17) is 9.84 Å². The maximum atomic E-state index is 11.8. The molecule has 0 aliphatic heterocycles. The molecule has 1 aromatic heterocycles. The first kappa shape index (κ1) is 13.4. The van der Waals surface area contributed by atoms with Gasteiger partial charge in [-0.1, -0.05) is 0 Å². The van der Waals surface area contributed by atoms with Crippen LogP contribution in [0, 0.1) is 0 Å². The van der Waals surface area contributed by atoms with Crippen molar-refractivity contribution in [2.75, 3.05) is 13.2 Å². The van der Waals surface area contributed by atoms with E-state index in [1.807, 2.05) is 6.92 Å². The van der Waals surface area contributed by atoms with E-state index in [1.54, 1.807) is 10.6 Å². The molecule has 0 saturated carbocycles. The molecule has 0 saturated heterocycles. The molecular formula is C13H16N2O4. The second kappa shape index (κ2) is 5.71. The quantitative estimate of drug-likeness (QED) is 0.773. The highest BCUT2D eigenvalue weighted by atomic mass is 16.5. The van der Waals surface area contributed by atoms with Crippen molar-refractivity contribution in [1.82, 2.24) is 9.55 Å². The van der Waals surface area contributed by atoms with Crippen molar-refractivity contribution in [3.8, 4) is 0 Å². The number of aromatic nitrogens is 2. The minimum Gasteiger partial charge on any atom is -0.478 e. The van der Waals surface area contributed by atoms with Gasteiger partial charge < -0.3 is 14.8 Å². The largest absolute Gasteiger partial charge is 0.478 e. The number of carboxylic acid groups (broad SMARTS) is 1. The van der Waals surface area contributed by atoms with Gasteiger partial charge in [-0.2, -0.15) is 0 Å². The summed E-state index contributed by atoms with van der Waals surface area (Å²) in [6, 6.07) is 4.60. The summed E-state index contributed by atoms with van der Waals surface area (Å²) in [6.07, 6.45) is 0.706. The Labute approximate surface area is 109 Å². The van der Waals surface area contributed by atoms with Crippen LogP contribution in [0.25, 0.3) is 11.0 Å². The summed E-state index contributed by atoms with van der Waals surface area (Å²) in [7, 11) is 0. The van der Waals surface area contributed by atoms with Gasteiger partial charge in [0.2, 0.25) is 0 Å². The molecule has 0 amide bonds. The maximum Gasteiger partial charge on any atom is 0.335 e. The Balaban J connectivity index is 2.30. The van der Waals surface area contributed by atoms with Gasteiger partial charge in [-0.05, 0) is 31.5 Å². The Kier molecular flexibility index (Phi) is 4.01. The van der Waals surface area contributed by atoms with E-state index in [1.165, 1.54) is 12.1 Å². The summed E-state index contributed by atoms with van der Waals surface area (Å²) < 4.78 is 6.77. The Morgan fingerprint density at radius 1 is 1.47 bits per heavy atom. The van der Waals surface area contributed by atoms with Crippen molar-refractivity contribution in [3.05, 3.63) is 34.2 Å². The van der Waals surface area contributed by atoms with Crippen LogP contribution in [0.4, 0.5) is 0 Å². The third-order valence-electron chi connectivity index (χ3n) is 2.90. The van der Waals surface area contributed by atoms with E-state index < -0.39 is 5.97 Å². The Morgan fingerprint density at radius 3 is 2.95 bits per heavy atom. The van der Waals surface area contributed by atoms with Crippen molar-refractivity contribution >= 4 is 17.0 Å². The fraction of sp³-hybridized carbons (Fsp3) is 0.385. The summed E-state index contributed by atoms with van der Waals surface area (Å²) in [5.74, 6) is -1.00. The minimum absolute atomic E-state index is 0.171. The van der Waals surface area contributed by atoms with Crippen molar-refractivity contribution in [3.63, 3.8) is 0 Å². The van der Waals surface area contributed by atoms with Crippen LogP contribution < -0.4 is 5.69 Å². The van der Waals surface area contributed by atoms with Crippen LogP contribution in [0.1, 0.15) is 23.7 Å². The molecule has 6 nitrogen and oxygen atoms in total. The average molecular weight is 264 g/mol. The van der Waals surface area contributed by atoms with Crippen molar-refractivity contribution in [2.24, 2.45) is 0 Å². The molecule has 0 aliphatic carbocycles. The number of nitrogens with zero attached hydrogens (tertiary/aromatic N) is 1. The lowest BCUT2D eigenvalue weighted by Crippen LogP contribution is -2.17. The Bertz CT molecular complexity index is 642. The monoisotopic (exact) mass is 264 g/mol. The first-order valence-electron chi connectivity index (χ1n) is 6.17. The highest BCUT2D eigenvalue weighted by Crippen LogP contribution is 2.13. The van der Waals surface area contributed by atoms with Crippen LogP contribution in [0.15, 0.2) is 23.0 Å². The van der Waals surface area contributed by atoms with Crippen LogP contribution >= 0.6 is 0 Å². The van der Waals surface area contributed by atoms with Crippen LogP contribution in [-0.4, -0.2) is 33.8 Å². The number of benzene rings is 1. The molecule has 2 aromatic rings. The molecular weight excluding hydrogens is 248 g/mol. The fourth-order valence-electron chi connectivity index (χ4n) is 1.98. The summed E-state index contributed by atoms with van der Waals surface area (Å²) in [4.78, 5) is 25.5. The highest BCUT2D eigenvalue weighted by molar-refractivity contribution is 5.92. The summed E-state index contributed by atoms with van der Waals surface area (Å²) in [5.41, 5.74) is 1.20. The molecule has 0 fully saturated rings. The lowest BCUT2D eigenvalue weighted by Gasteiger charge is -2.04. The van der Waals surface area contributed by atoms with Gasteiger partial charge in [-0.15, -0.1) is 0 Å². The van der Waals surface area contributed by atoms with E-state index >= 15 is 0 Å². The zero-order valence-corrected chi connectivity index (χ0v) is 10.7. The zero-order valence-electron chi connectivity index (χ0n) is 10.7. The van der Waals surface area contributed by atoms with Gasteiger partial charge in [0.15, 0.2) is 0 Å². The molecule has 0 spiro atoms. The molecule has 0 radical (unpaired) electrons. The van der Waals surface area contributed by atoms with Gasteiger partial charge in [-0.25, -0.2) is 9.59 Å². The number of carbonyl (C=O) groups is 1. The number of fused-ring (bicyclic) bond motifs is 1. The molecule has 6 heteroatoms. The van der Waals surface area contributed by atoms with Gasteiger partial charge in [0, 0.05) is 19.8 Å². The number of aryl methyl sites for hydroxylation is 1. The predicted octanol–water partition coefficient (Wildman–Crippen LogP) is 1.45. The summed E-state index contributed by atoms with van der Waals surface area (Å²) >= 11 is 0. The number of nitrogens with one attached hydrogen (secondary N) is 1. The van der Waals surface area contributed by atoms with Crippen LogP contribution in [0.2, 0.25) is 0 Å². The van der Waals surface area contributed by atoms with Gasteiger partial charge in [0.25, 0.3) is 0 Å². The molecule has 102 valence electrons. The number of H-pyrrole nitrogens is 1. The average Bonchev–Trinajstić information content (AvgIpc) is 2.70. The number of hydrogen-bond acceptors (Lipinski definition) is 3. The van der Waals surface area contributed by atoms with Gasteiger partial charge in [-0.3, -0.25) is 4.57 Å². The number of aromatic amines is 1.